The maximum absolute atomic E-state index is 13.8. The summed E-state index contributed by atoms with van der Waals surface area (Å²) < 4.78 is 20.8. The standard InChI is InChI=1S/C25H27FN2O3/c1-3-4-15-28-17-19(20-10-6-8-12-23(20)28)16-22(25(30)31-2)27-24(29)14-13-18-9-5-7-11-21(18)26/h5-14,17,22H,3-4,15-16H2,1-2H3,(H,27,29)/t22-/m0/s1. The van der Waals surface area contributed by atoms with Gasteiger partial charge in [-0.25, -0.2) is 9.18 Å². The Morgan fingerprint density at radius 1 is 1.16 bits per heavy atom. The molecule has 0 saturated carbocycles. The molecule has 0 unspecified atom stereocenters. The number of carbonyl (C=O) groups is 2. The Bertz CT molecular complexity index is 1090. The van der Waals surface area contributed by atoms with Crippen LogP contribution in [0, 0.1) is 5.82 Å². The minimum atomic E-state index is -0.854. The molecule has 1 N–H and O–H groups in total. The van der Waals surface area contributed by atoms with E-state index in [1.807, 2.05) is 24.4 Å². The maximum atomic E-state index is 13.8. The molecule has 0 fully saturated rings. The third-order valence-electron chi connectivity index (χ3n) is 5.17. The lowest BCUT2D eigenvalue weighted by Gasteiger charge is -2.15. The largest absolute Gasteiger partial charge is 0.467 e. The second-order valence-corrected chi connectivity index (χ2v) is 7.36. The molecule has 2 aromatic carbocycles. The van der Waals surface area contributed by atoms with Crippen molar-refractivity contribution in [3.63, 3.8) is 0 Å². The van der Waals surface area contributed by atoms with Crippen molar-refractivity contribution < 1.29 is 18.7 Å². The van der Waals surface area contributed by atoms with Crippen molar-refractivity contribution >= 4 is 28.9 Å². The van der Waals surface area contributed by atoms with Crippen LogP contribution in [0.25, 0.3) is 17.0 Å². The molecule has 31 heavy (non-hydrogen) atoms. The normalized spacial score (nSPS) is 12.2. The van der Waals surface area contributed by atoms with Crippen molar-refractivity contribution in [3.05, 3.63) is 77.7 Å². The van der Waals surface area contributed by atoms with Gasteiger partial charge in [-0.1, -0.05) is 49.7 Å². The third-order valence-corrected chi connectivity index (χ3v) is 5.17. The van der Waals surface area contributed by atoms with Gasteiger partial charge in [-0.15, -0.1) is 0 Å². The first-order chi connectivity index (χ1) is 15.0. The number of ether oxygens (including phenoxy) is 1. The van der Waals surface area contributed by atoms with E-state index in [1.165, 1.54) is 25.3 Å². The number of halogens is 1. The van der Waals surface area contributed by atoms with Crippen LogP contribution in [0.1, 0.15) is 30.9 Å². The molecule has 5 nitrogen and oxygen atoms in total. The number of methoxy groups -OCH3 is 1. The van der Waals surface area contributed by atoms with Crippen molar-refractivity contribution in [1.82, 2.24) is 9.88 Å². The predicted molar refractivity (Wildman–Crippen MR) is 120 cm³/mol. The van der Waals surface area contributed by atoms with E-state index in [0.717, 1.165) is 35.9 Å². The van der Waals surface area contributed by atoms with E-state index in [0.29, 0.717) is 12.0 Å². The van der Waals surface area contributed by atoms with Crippen LogP contribution >= 0.6 is 0 Å². The molecule has 0 saturated heterocycles. The number of amides is 1. The highest BCUT2D eigenvalue weighted by Crippen LogP contribution is 2.23. The number of aryl methyl sites for hydroxylation is 1. The van der Waals surface area contributed by atoms with E-state index in [-0.39, 0.29) is 0 Å². The van der Waals surface area contributed by atoms with Crippen LogP contribution in [0.2, 0.25) is 0 Å². The first kappa shape index (κ1) is 22.3. The molecule has 3 aromatic rings. The molecule has 1 amide bonds. The van der Waals surface area contributed by atoms with Gasteiger partial charge in [0.2, 0.25) is 5.91 Å². The average Bonchev–Trinajstić information content (AvgIpc) is 3.13. The fourth-order valence-electron chi connectivity index (χ4n) is 3.55. The molecule has 6 heteroatoms. The second kappa shape index (κ2) is 10.6. The van der Waals surface area contributed by atoms with Crippen molar-refractivity contribution in [2.45, 2.75) is 38.8 Å². The number of aromatic nitrogens is 1. The van der Waals surface area contributed by atoms with Gasteiger partial charge in [-0.05, 0) is 30.2 Å². The third kappa shape index (κ3) is 5.60. The van der Waals surface area contributed by atoms with Crippen LogP contribution in [-0.2, 0) is 27.3 Å². The Kier molecular flexibility index (Phi) is 7.60. The number of unbranched alkanes of at least 4 members (excludes halogenated alkanes) is 1. The summed E-state index contributed by atoms with van der Waals surface area (Å²) in [6.07, 6.45) is 7.07. The van der Waals surface area contributed by atoms with E-state index in [4.69, 9.17) is 4.74 Å². The van der Waals surface area contributed by atoms with Gasteiger partial charge in [0, 0.05) is 41.7 Å². The van der Waals surface area contributed by atoms with Crippen LogP contribution in [0.5, 0.6) is 0 Å². The van der Waals surface area contributed by atoms with Crippen molar-refractivity contribution in [3.8, 4) is 0 Å². The van der Waals surface area contributed by atoms with E-state index >= 15 is 0 Å². The molecule has 162 valence electrons. The molecule has 0 aliphatic rings. The molecule has 0 aliphatic heterocycles. The number of carbonyl (C=O) groups excluding carboxylic acids is 2. The predicted octanol–water partition coefficient (Wildman–Crippen LogP) is 4.49. The zero-order valence-corrected chi connectivity index (χ0v) is 17.8. The molecular formula is C25H27FN2O3. The Morgan fingerprint density at radius 2 is 1.90 bits per heavy atom. The summed E-state index contributed by atoms with van der Waals surface area (Å²) in [7, 11) is 1.29. The zero-order chi connectivity index (χ0) is 22.2. The number of para-hydroxylation sites is 1. The highest BCUT2D eigenvalue weighted by molar-refractivity contribution is 5.95. The minimum absolute atomic E-state index is 0.297. The lowest BCUT2D eigenvalue weighted by Crippen LogP contribution is -2.42. The minimum Gasteiger partial charge on any atom is -0.467 e. The summed E-state index contributed by atoms with van der Waals surface area (Å²) in [6.45, 7) is 3.03. The van der Waals surface area contributed by atoms with Gasteiger partial charge in [-0.3, -0.25) is 4.79 Å². The molecule has 1 heterocycles. The summed E-state index contributed by atoms with van der Waals surface area (Å²) in [5, 5.41) is 3.74. The van der Waals surface area contributed by atoms with E-state index in [9.17, 15) is 14.0 Å². The van der Waals surface area contributed by atoms with E-state index < -0.39 is 23.7 Å². The smallest absolute Gasteiger partial charge is 0.328 e. The van der Waals surface area contributed by atoms with E-state index in [2.05, 4.69) is 22.9 Å². The summed E-state index contributed by atoms with van der Waals surface area (Å²) in [5.41, 5.74) is 2.35. The molecule has 1 aromatic heterocycles. The Morgan fingerprint density at radius 3 is 2.65 bits per heavy atom. The molecule has 0 bridgehead atoms. The van der Waals surface area contributed by atoms with Gasteiger partial charge in [-0.2, -0.15) is 0 Å². The first-order valence-corrected chi connectivity index (χ1v) is 10.4. The molecule has 0 radical (unpaired) electrons. The van der Waals surface area contributed by atoms with Gasteiger partial charge in [0.15, 0.2) is 0 Å². The number of nitrogens with one attached hydrogen (secondary N) is 1. The monoisotopic (exact) mass is 422 g/mol. The number of hydrogen-bond acceptors (Lipinski definition) is 3. The number of nitrogens with zero attached hydrogens (tertiary/aromatic N) is 1. The molecule has 3 rings (SSSR count). The molecule has 0 aliphatic carbocycles. The van der Waals surface area contributed by atoms with Gasteiger partial charge >= 0.3 is 5.97 Å². The Balaban J connectivity index is 1.80. The average molecular weight is 423 g/mol. The Labute approximate surface area is 181 Å². The van der Waals surface area contributed by atoms with Gasteiger partial charge < -0.3 is 14.6 Å². The molecule has 1 atom stereocenters. The van der Waals surface area contributed by atoms with Gasteiger partial charge in [0.05, 0.1) is 7.11 Å². The van der Waals surface area contributed by atoms with Gasteiger partial charge in [0.25, 0.3) is 0 Å². The summed E-state index contributed by atoms with van der Waals surface area (Å²) in [5.74, 6) is -1.44. The number of hydrogen-bond donors (Lipinski definition) is 1. The quantitative estimate of drug-likeness (QED) is 0.408. The lowest BCUT2D eigenvalue weighted by molar-refractivity contribution is -0.144. The molecular weight excluding hydrogens is 395 g/mol. The van der Waals surface area contributed by atoms with Gasteiger partial charge in [0.1, 0.15) is 11.9 Å². The second-order valence-electron chi connectivity index (χ2n) is 7.36. The maximum Gasteiger partial charge on any atom is 0.328 e. The van der Waals surface area contributed by atoms with E-state index in [1.54, 1.807) is 18.2 Å². The summed E-state index contributed by atoms with van der Waals surface area (Å²) in [6, 6.07) is 13.3. The number of rotatable bonds is 9. The lowest BCUT2D eigenvalue weighted by atomic mass is 10.0. The number of fused-ring (bicyclic) bond motifs is 1. The van der Waals surface area contributed by atoms with Crippen molar-refractivity contribution in [2.75, 3.05) is 7.11 Å². The zero-order valence-electron chi connectivity index (χ0n) is 17.8. The number of esters is 1. The van der Waals surface area contributed by atoms with Crippen LogP contribution in [0.4, 0.5) is 4.39 Å². The summed E-state index contributed by atoms with van der Waals surface area (Å²) >= 11 is 0. The fraction of sp³-hybridized carbons (Fsp3) is 0.280. The highest BCUT2D eigenvalue weighted by Gasteiger charge is 2.23. The van der Waals surface area contributed by atoms with Crippen LogP contribution in [0.3, 0.4) is 0 Å². The Hall–Kier alpha value is -3.41. The summed E-state index contributed by atoms with van der Waals surface area (Å²) in [4.78, 5) is 24.8. The fourth-order valence-corrected chi connectivity index (χ4v) is 3.55. The topological polar surface area (TPSA) is 60.3 Å². The molecule has 0 spiro atoms. The van der Waals surface area contributed by atoms with Crippen LogP contribution < -0.4 is 5.32 Å². The van der Waals surface area contributed by atoms with Crippen molar-refractivity contribution in [2.24, 2.45) is 0 Å². The number of benzene rings is 2. The van der Waals surface area contributed by atoms with Crippen LogP contribution in [-0.4, -0.2) is 29.6 Å². The highest BCUT2D eigenvalue weighted by atomic mass is 19.1. The first-order valence-electron chi connectivity index (χ1n) is 10.4. The van der Waals surface area contributed by atoms with Crippen LogP contribution in [0.15, 0.2) is 60.8 Å². The SMILES string of the molecule is CCCCn1cc(C[C@H](NC(=O)C=Cc2ccccc2F)C(=O)OC)c2ccccc21. The van der Waals surface area contributed by atoms with Crippen molar-refractivity contribution in [1.29, 1.82) is 0 Å².